The number of ether oxygens (including phenoxy) is 4. The maximum absolute atomic E-state index is 13.3. The SMILES string of the molecule is CC(C)(C)OC(=O)CCC(CO)NC(=O)CCNC(=O)C1=CC2OC(C3CC3)(C3CC3)OC2C(OC(=O)c2ccccc2I)C1. The predicted molar refractivity (Wildman–Crippen MR) is 171 cm³/mol. The molecule has 4 aliphatic rings. The number of aliphatic hydroxyl groups excluding tert-OH is 1. The van der Waals surface area contributed by atoms with E-state index in [0.29, 0.717) is 23.0 Å². The third-order valence-electron chi connectivity index (χ3n) is 8.39. The zero-order valence-electron chi connectivity index (χ0n) is 26.0. The molecule has 11 nitrogen and oxygen atoms in total. The highest BCUT2D eigenvalue weighted by molar-refractivity contribution is 14.1. The van der Waals surface area contributed by atoms with Crippen LogP contribution < -0.4 is 10.6 Å². The third kappa shape index (κ3) is 8.63. The number of halogens is 1. The molecule has 4 atom stereocenters. The number of hydrogen-bond donors (Lipinski definition) is 3. The van der Waals surface area contributed by atoms with Crippen LogP contribution in [0.4, 0.5) is 0 Å². The highest BCUT2D eigenvalue weighted by atomic mass is 127. The van der Waals surface area contributed by atoms with Gasteiger partial charge in [0.05, 0.1) is 18.2 Å². The molecule has 2 amide bonds. The molecule has 0 aromatic heterocycles. The van der Waals surface area contributed by atoms with Crippen LogP contribution in [0.5, 0.6) is 0 Å². The summed E-state index contributed by atoms with van der Waals surface area (Å²) < 4.78 is 25.3. The van der Waals surface area contributed by atoms with E-state index in [9.17, 15) is 24.3 Å². The van der Waals surface area contributed by atoms with Gasteiger partial charge >= 0.3 is 11.9 Å². The van der Waals surface area contributed by atoms with Crippen molar-refractivity contribution in [3.05, 3.63) is 45.0 Å². The zero-order valence-corrected chi connectivity index (χ0v) is 28.2. The van der Waals surface area contributed by atoms with Gasteiger partial charge in [0.25, 0.3) is 0 Å². The van der Waals surface area contributed by atoms with Crippen LogP contribution in [-0.4, -0.2) is 77.8 Å². The molecule has 4 unspecified atom stereocenters. The van der Waals surface area contributed by atoms with Crippen LogP contribution >= 0.6 is 22.6 Å². The molecule has 1 aliphatic heterocycles. The van der Waals surface area contributed by atoms with Crippen LogP contribution in [0.2, 0.25) is 0 Å². The van der Waals surface area contributed by atoms with Gasteiger partial charge in [-0.15, -0.1) is 0 Å². The van der Waals surface area contributed by atoms with E-state index in [-0.39, 0.29) is 50.6 Å². The Bertz CT molecular complexity index is 1310. The minimum absolute atomic E-state index is 0.0229. The van der Waals surface area contributed by atoms with Gasteiger partial charge in [0.15, 0.2) is 5.79 Å². The Kier molecular flexibility index (Phi) is 10.6. The predicted octanol–water partition coefficient (Wildman–Crippen LogP) is 3.55. The first kappa shape index (κ1) is 33.8. The lowest BCUT2D eigenvalue weighted by Gasteiger charge is -2.31. The van der Waals surface area contributed by atoms with E-state index < -0.39 is 47.7 Å². The first-order valence-corrected chi connectivity index (χ1v) is 16.9. The number of fused-ring (bicyclic) bond motifs is 1. The van der Waals surface area contributed by atoms with Crippen LogP contribution in [0.25, 0.3) is 0 Å². The minimum Gasteiger partial charge on any atom is -0.460 e. The number of esters is 2. The van der Waals surface area contributed by atoms with Crippen molar-refractivity contribution in [1.29, 1.82) is 0 Å². The second-order valence-corrected chi connectivity index (χ2v) is 14.5. The molecule has 0 spiro atoms. The molecule has 1 aromatic rings. The van der Waals surface area contributed by atoms with Crippen LogP contribution in [0, 0.1) is 15.4 Å². The fourth-order valence-corrected chi connectivity index (χ4v) is 6.60. The lowest BCUT2D eigenvalue weighted by molar-refractivity contribution is -0.209. The molecule has 3 aliphatic carbocycles. The lowest BCUT2D eigenvalue weighted by atomic mass is 9.91. The van der Waals surface area contributed by atoms with Gasteiger partial charge in [-0.05, 0) is 93.7 Å². The van der Waals surface area contributed by atoms with Crippen LogP contribution in [0.1, 0.15) is 82.5 Å². The Morgan fingerprint density at radius 1 is 1.07 bits per heavy atom. The molecule has 246 valence electrons. The monoisotopic (exact) mass is 738 g/mol. The van der Waals surface area contributed by atoms with Gasteiger partial charge in [0.1, 0.15) is 23.9 Å². The maximum Gasteiger partial charge on any atom is 0.339 e. The molecule has 5 rings (SSSR count). The van der Waals surface area contributed by atoms with Gasteiger partial charge in [0, 0.05) is 46.8 Å². The summed E-state index contributed by atoms with van der Waals surface area (Å²) in [5, 5.41) is 15.2. The summed E-state index contributed by atoms with van der Waals surface area (Å²) in [7, 11) is 0. The molecule has 45 heavy (non-hydrogen) atoms. The van der Waals surface area contributed by atoms with E-state index in [0.717, 1.165) is 29.3 Å². The number of nitrogens with one attached hydrogen (secondary N) is 2. The van der Waals surface area contributed by atoms with Crippen molar-refractivity contribution in [3.63, 3.8) is 0 Å². The second-order valence-electron chi connectivity index (χ2n) is 13.3. The quantitative estimate of drug-likeness (QED) is 0.204. The second kappa shape index (κ2) is 14.1. The molecule has 1 saturated heterocycles. The first-order chi connectivity index (χ1) is 21.4. The zero-order chi connectivity index (χ0) is 32.4. The summed E-state index contributed by atoms with van der Waals surface area (Å²) >= 11 is 2.10. The fraction of sp³-hybridized carbons (Fsp3) is 0.636. The Morgan fingerprint density at radius 2 is 1.76 bits per heavy atom. The molecule has 0 bridgehead atoms. The van der Waals surface area contributed by atoms with Crippen molar-refractivity contribution < 1.29 is 43.2 Å². The first-order valence-electron chi connectivity index (χ1n) is 15.8. The normalized spacial score (nSPS) is 24.6. The number of hydrogen-bond acceptors (Lipinski definition) is 9. The standard InChI is InChI=1S/C33H43IN2O9/c1-32(2,3)44-28(39)13-12-22(18-37)36-27(38)14-15-35-30(40)19-16-25(42-31(41)23-6-4-5-7-24(23)34)29-26(17-19)43-33(45-29,20-8-9-20)21-10-11-21/h4-7,17,20-22,25-26,29,37H,8-16,18H2,1-3H3,(H,35,40)(H,36,38). The van der Waals surface area contributed by atoms with E-state index in [4.69, 9.17) is 18.9 Å². The van der Waals surface area contributed by atoms with Gasteiger partial charge in [-0.25, -0.2) is 4.79 Å². The van der Waals surface area contributed by atoms with E-state index in [1.165, 1.54) is 0 Å². The van der Waals surface area contributed by atoms with Crippen LogP contribution in [0.15, 0.2) is 35.9 Å². The van der Waals surface area contributed by atoms with Crippen molar-refractivity contribution in [2.24, 2.45) is 11.8 Å². The maximum atomic E-state index is 13.3. The van der Waals surface area contributed by atoms with Gasteiger partial charge in [-0.3, -0.25) is 14.4 Å². The molecular formula is C33H43IN2O9. The van der Waals surface area contributed by atoms with Crippen molar-refractivity contribution in [1.82, 2.24) is 10.6 Å². The van der Waals surface area contributed by atoms with Gasteiger partial charge in [0.2, 0.25) is 11.8 Å². The largest absolute Gasteiger partial charge is 0.460 e. The fourth-order valence-electron chi connectivity index (χ4n) is 5.99. The smallest absolute Gasteiger partial charge is 0.339 e. The van der Waals surface area contributed by atoms with E-state index in [1.54, 1.807) is 39.0 Å². The average molecular weight is 739 g/mol. The van der Waals surface area contributed by atoms with Crippen molar-refractivity contribution >= 4 is 46.3 Å². The topological polar surface area (TPSA) is 149 Å². The van der Waals surface area contributed by atoms with Crippen molar-refractivity contribution in [2.45, 2.75) is 108 Å². The highest BCUT2D eigenvalue weighted by Gasteiger charge is 2.64. The number of rotatable bonds is 13. The van der Waals surface area contributed by atoms with Gasteiger partial charge in [-0.2, -0.15) is 0 Å². The van der Waals surface area contributed by atoms with Gasteiger partial charge in [-0.1, -0.05) is 12.1 Å². The molecule has 1 heterocycles. The van der Waals surface area contributed by atoms with Crippen molar-refractivity contribution in [3.8, 4) is 0 Å². The summed E-state index contributed by atoms with van der Waals surface area (Å²) in [6.07, 6.45) is 4.53. The number of amides is 2. The molecule has 2 saturated carbocycles. The van der Waals surface area contributed by atoms with Crippen molar-refractivity contribution in [2.75, 3.05) is 13.2 Å². The molecule has 3 N–H and O–H groups in total. The molecular weight excluding hydrogens is 695 g/mol. The van der Waals surface area contributed by atoms with E-state index in [1.807, 2.05) is 12.1 Å². The summed E-state index contributed by atoms with van der Waals surface area (Å²) in [5.74, 6) is -1.72. The van der Waals surface area contributed by atoms with E-state index in [2.05, 4.69) is 33.2 Å². The van der Waals surface area contributed by atoms with E-state index >= 15 is 0 Å². The minimum atomic E-state index is -0.720. The lowest BCUT2D eigenvalue weighted by Crippen LogP contribution is -2.44. The summed E-state index contributed by atoms with van der Waals surface area (Å²) in [6, 6.07) is 6.56. The summed E-state index contributed by atoms with van der Waals surface area (Å²) in [5.41, 5.74) is 0.246. The molecule has 12 heteroatoms. The summed E-state index contributed by atoms with van der Waals surface area (Å²) in [4.78, 5) is 51.1. The third-order valence-corrected chi connectivity index (χ3v) is 9.33. The Morgan fingerprint density at radius 3 is 2.38 bits per heavy atom. The summed E-state index contributed by atoms with van der Waals surface area (Å²) in [6.45, 7) is 5.04. The average Bonchev–Trinajstić information content (AvgIpc) is 3.91. The van der Waals surface area contributed by atoms with Crippen LogP contribution in [0.3, 0.4) is 0 Å². The molecule has 3 fully saturated rings. The number of carbonyl (C=O) groups is 4. The molecule has 1 aromatic carbocycles. The number of benzene rings is 1. The molecule has 0 radical (unpaired) electrons. The Balaban J connectivity index is 1.18. The Labute approximate surface area is 277 Å². The van der Waals surface area contributed by atoms with Crippen LogP contribution in [-0.2, 0) is 33.3 Å². The van der Waals surface area contributed by atoms with Gasteiger partial charge < -0.3 is 34.7 Å². The Hall–Kier alpha value is -2.55. The number of aliphatic hydroxyl groups is 1. The highest BCUT2D eigenvalue weighted by Crippen LogP contribution is 2.59. The number of carbonyl (C=O) groups excluding carboxylic acids is 4.